The van der Waals surface area contributed by atoms with Crippen molar-refractivity contribution in [3.8, 4) is 11.5 Å². The van der Waals surface area contributed by atoms with E-state index in [0.717, 1.165) is 29.2 Å². The van der Waals surface area contributed by atoms with E-state index < -0.39 is 0 Å². The van der Waals surface area contributed by atoms with E-state index in [1.54, 1.807) is 0 Å². The van der Waals surface area contributed by atoms with E-state index in [1.807, 2.05) is 31.2 Å². The third kappa shape index (κ3) is 2.90. The monoisotopic (exact) mass is 234 g/mol. The standard InChI is InChI=1S/C12H14N2O3/c1-9(14-13-7-15)2-3-10-4-5-11-12(6-10)17-8-16-11/h2,4-7,14H,3,8H2,1H3,(H,13,15)/b9-2-. The molecule has 0 unspecified atom stereocenters. The van der Waals surface area contributed by atoms with Gasteiger partial charge in [-0.2, -0.15) is 0 Å². The van der Waals surface area contributed by atoms with Gasteiger partial charge in [0, 0.05) is 5.70 Å². The van der Waals surface area contributed by atoms with E-state index in [9.17, 15) is 4.79 Å². The third-order valence-corrected chi connectivity index (χ3v) is 2.41. The fourth-order valence-corrected chi connectivity index (χ4v) is 1.53. The number of fused-ring (bicyclic) bond motifs is 1. The molecule has 5 nitrogen and oxygen atoms in total. The molecular formula is C12H14N2O3. The van der Waals surface area contributed by atoms with Crippen molar-refractivity contribution in [3.05, 3.63) is 35.5 Å². The number of carbonyl (C=O) groups is 1. The first-order valence-corrected chi connectivity index (χ1v) is 5.30. The van der Waals surface area contributed by atoms with Crippen LogP contribution in [0.4, 0.5) is 0 Å². The lowest BCUT2D eigenvalue weighted by atomic mass is 10.1. The highest BCUT2D eigenvalue weighted by Crippen LogP contribution is 2.32. The molecule has 90 valence electrons. The van der Waals surface area contributed by atoms with Crippen LogP contribution in [0.2, 0.25) is 0 Å². The summed E-state index contributed by atoms with van der Waals surface area (Å²) in [6.07, 6.45) is 3.34. The average molecular weight is 234 g/mol. The number of hydrazine groups is 1. The molecule has 5 heteroatoms. The van der Waals surface area contributed by atoms with Crippen molar-refractivity contribution < 1.29 is 14.3 Å². The summed E-state index contributed by atoms with van der Waals surface area (Å²) in [6, 6.07) is 5.85. The smallest absolute Gasteiger partial charge is 0.231 e. The molecule has 17 heavy (non-hydrogen) atoms. The summed E-state index contributed by atoms with van der Waals surface area (Å²) in [5, 5.41) is 0. The Bertz CT molecular complexity index is 443. The molecule has 1 aliphatic heterocycles. The Hall–Kier alpha value is -2.17. The molecule has 0 fully saturated rings. The zero-order chi connectivity index (χ0) is 12.1. The molecule has 1 aromatic rings. The predicted molar refractivity (Wildman–Crippen MR) is 62.4 cm³/mol. The minimum atomic E-state index is 0.290. The largest absolute Gasteiger partial charge is 0.454 e. The van der Waals surface area contributed by atoms with Gasteiger partial charge in [0.25, 0.3) is 0 Å². The van der Waals surface area contributed by atoms with Gasteiger partial charge in [-0.15, -0.1) is 0 Å². The van der Waals surface area contributed by atoms with Crippen molar-refractivity contribution in [1.82, 2.24) is 10.9 Å². The van der Waals surface area contributed by atoms with Crippen LogP contribution in [0.5, 0.6) is 11.5 Å². The number of amides is 1. The Morgan fingerprint density at radius 3 is 3.06 bits per heavy atom. The Morgan fingerprint density at radius 1 is 1.41 bits per heavy atom. The van der Waals surface area contributed by atoms with Crippen molar-refractivity contribution in [3.63, 3.8) is 0 Å². The van der Waals surface area contributed by atoms with Crippen LogP contribution in [0.15, 0.2) is 30.0 Å². The molecular weight excluding hydrogens is 220 g/mol. The first-order chi connectivity index (χ1) is 8.29. The molecule has 0 spiro atoms. The number of ether oxygens (including phenoxy) is 2. The normalized spacial score (nSPS) is 13.4. The Morgan fingerprint density at radius 2 is 2.24 bits per heavy atom. The van der Waals surface area contributed by atoms with Gasteiger partial charge in [-0.1, -0.05) is 12.1 Å². The Kier molecular flexibility index (Phi) is 3.49. The van der Waals surface area contributed by atoms with Gasteiger partial charge in [0.05, 0.1) is 0 Å². The summed E-state index contributed by atoms with van der Waals surface area (Å²) in [7, 11) is 0. The molecule has 0 bridgehead atoms. The highest BCUT2D eigenvalue weighted by Gasteiger charge is 2.12. The first-order valence-electron chi connectivity index (χ1n) is 5.30. The Balaban J connectivity index is 1.97. The number of hydrogen-bond acceptors (Lipinski definition) is 4. The molecule has 1 aromatic carbocycles. The molecule has 0 radical (unpaired) electrons. The average Bonchev–Trinajstić information content (AvgIpc) is 2.81. The topological polar surface area (TPSA) is 59.6 Å². The minimum absolute atomic E-state index is 0.290. The maximum atomic E-state index is 10.1. The van der Waals surface area contributed by atoms with Crippen molar-refractivity contribution in [2.45, 2.75) is 13.3 Å². The number of hydrogen-bond donors (Lipinski definition) is 2. The molecule has 1 heterocycles. The molecule has 1 amide bonds. The fraction of sp³-hybridized carbons (Fsp3) is 0.250. The van der Waals surface area contributed by atoms with E-state index in [1.165, 1.54) is 0 Å². The second-order valence-corrected chi connectivity index (χ2v) is 3.67. The van der Waals surface area contributed by atoms with Gasteiger partial charge in [-0.05, 0) is 31.0 Å². The van der Waals surface area contributed by atoms with Gasteiger partial charge in [0.1, 0.15) is 0 Å². The molecule has 0 atom stereocenters. The fourth-order valence-electron chi connectivity index (χ4n) is 1.53. The number of benzene rings is 1. The number of allylic oxidation sites excluding steroid dienone is 2. The van der Waals surface area contributed by atoms with Crippen LogP contribution in [-0.2, 0) is 11.2 Å². The Labute approximate surface area is 99.4 Å². The van der Waals surface area contributed by atoms with Gasteiger partial charge < -0.3 is 14.9 Å². The lowest BCUT2D eigenvalue weighted by Crippen LogP contribution is -2.28. The van der Waals surface area contributed by atoms with Gasteiger partial charge in [-0.3, -0.25) is 10.2 Å². The summed E-state index contributed by atoms with van der Waals surface area (Å²) in [4.78, 5) is 10.1. The van der Waals surface area contributed by atoms with Crippen LogP contribution in [0.1, 0.15) is 12.5 Å². The lowest BCUT2D eigenvalue weighted by Gasteiger charge is -2.04. The van der Waals surface area contributed by atoms with E-state index in [4.69, 9.17) is 9.47 Å². The van der Waals surface area contributed by atoms with Crippen LogP contribution in [-0.4, -0.2) is 13.2 Å². The van der Waals surface area contributed by atoms with Crippen LogP contribution < -0.4 is 20.3 Å². The lowest BCUT2D eigenvalue weighted by molar-refractivity contribution is -0.110. The zero-order valence-electron chi connectivity index (χ0n) is 9.53. The third-order valence-electron chi connectivity index (χ3n) is 2.41. The highest BCUT2D eigenvalue weighted by molar-refractivity contribution is 5.46. The summed E-state index contributed by atoms with van der Waals surface area (Å²) >= 11 is 0. The number of nitrogens with one attached hydrogen (secondary N) is 2. The first kappa shape index (κ1) is 11.3. The van der Waals surface area contributed by atoms with Crippen LogP contribution in [0.25, 0.3) is 0 Å². The molecule has 2 N–H and O–H groups in total. The second kappa shape index (κ2) is 5.25. The molecule has 2 rings (SSSR count). The van der Waals surface area contributed by atoms with E-state index in [-0.39, 0.29) is 0 Å². The summed E-state index contributed by atoms with van der Waals surface area (Å²) in [5.74, 6) is 1.57. The molecule has 0 saturated carbocycles. The van der Waals surface area contributed by atoms with Gasteiger partial charge in [-0.25, -0.2) is 0 Å². The molecule has 0 saturated heterocycles. The maximum absolute atomic E-state index is 10.1. The van der Waals surface area contributed by atoms with Gasteiger partial charge in [0.2, 0.25) is 13.2 Å². The summed E-state index contributed by atoms with van der Waals surface area (Å²) in [6.45, 7) is 2.17. The molecule has 0 aliphatic carbocycles. The minimum Gasteiger partial charge on any atom is -0.454 e. The van der Waals surface area contributed by atoms with Crippen LogP contribution in [0.3, 0.4) is 0 Å². The van der Waals surface area contributed by atoms with Crippen molar-refractivity contribution >= 4 is 6.41 Å². The summed E-state index contributed by atoms with van der Waals surface area (Å²) in [5.41, 5.74) is 7.13. The van der Waals surface area contributed by atoms with Crippen molar-refractivity contribution in [2.75, 3.05) is 6.79 Å². The van der Waals surface area contributed by atoms with Crippen LogP contribution >= 0.6 is 0 Å². The van der Waals surface area contributed by atoms with E-state index >= 15 is 0 Å². The molecule has 0 aromatic heterocycles. The predicted octanol–water partition coefficient (Wildman–Crippen LogP) is 1.11. The van der Waals surface area contributed by atoms with E-state index in [2.05, 4.69) is 10.9 Å². The quantitative estimate of drug-likeness (QED) is 0.592. The zero-order valence-corrected chi connectivity index (χ0v) is 9.53. The van der Waals surface area contributed by atoms with Crippen LogP contribution in [0, 0.1) is 0 Å². The SMILES string of the molecule is C/C(=C/Cc1ccc2c(c1)OCO2)NNC=O. The highest BCUT2D eigenvalue weighted by atomic mass is 16.7. The maximum Gasteiger partial charge on any atom is 0.231 e. The van der Waals surface area contributed by atoms with E-state index in [0.29, 0.717) is 13.2 Å². The van der Waals surface area contributed by atoms with Gasteiger partial charge >= 0.3 is 0 Å². The summed E-state index contributed by atoms with van der Waals surface area (Å²) < 4.78 is 10.5. The number of carbonyl (C=O) groups excluding carboxylic acids is 1. The second-order valence-electron chi connectivity index (χ2n) is 3.67. The molecule has 1 aliphatic rings. The van der Waals surface area contributed by atoms with Gasteiger partial charge in [0.15, 0.2) is 11.5 Å². The van der Waals surface area contributed by atoms with Crippen molar-refractivity contribution in [2.24, 2.45) is 0 Å². The number of rotatable bonds is 5. The van der Waals surface area contributed by atoms with Crippen molar-refractivity contribution in [1.29, 1.82) is 0 Å².